The zero-order chi connectivity index (χ0) is 16.9. The fourth-order valence-electron chi connectivity index (χ4n) is 4.25. The molecule has 0 aromatic rings. The Bertz CT molecular complexity index is 296. The van der Waals surface area contributed by atoms with Crippen LogP contribution in [-0.2, 0) is 4.79 Å². The molecule has 0 spiro atoms. The van der Waals surface area contributed by atoms with Gasteiger partial charge in [0.05, 0.1) is 0 Å². The molecule has 0 heterocycles. The second-order valence-electron chi connectivity index (χ2n) is 8.61. The SMILES string of the molecule is CC1CCCCCCCCCCCCC(C)CC(C)CC(=O)C1. The average Bonchev–Trinajstić information content (AvgIpc) is 2.47. The first kappa shape index (κ1) is 20.7. The summed E-state index contributed by atoms with van der Waals surface area (Å²) >= 11 is 0. The minimum Gasteiger partial charge on any atom is -0.300 e. The second kappa shape index (κ2) is 13.0. The third-order valence-electron chi connectivity index (χ3n) is 5.60. The van der Waals surface area contributed by atoms with Crippen LogP contribution >= 0.6 is 0 Å². The molecule has 0 aromatic heterocycles. The highest BCUT2D eigenvalue weighted by Crippen LogP contribution is 2.23. The molecule has 0 aromatic carbocycles. The lowest BCUT2D eigenvalue weighted by molar-refractivity contribution is -0.120. The van der Waals surface area contributed by atoms with Crippen molar-refractivity contribution in [2.24, 2.45) is 17.8 Å². The quantitative estimate of drug-likeness (QED) is 0.456. The van der Waals surface area contributed by atoms with Crippen LogP contribution in [0.4, 0.5) is 0 Å². The zero-order valence-corrected chi connectivity index (χ0v) is 16.2. The van der Waals surface area contributed by atoms with Gasteiger partial charge in [0.15, 0.2) is 0 Å². The lowest BCUT2D eigenvalue weighted by Gasteiger charge is -2.18. The van der Waals surface area contributed by atoms with Crippen LogP contribution in [-0.4, -0.2) is 5.78 Å². The maximum atomic E-state index is 12.2. The van der Waals surface area contributed by atoms with Gasteiger partial charge in [0.25, 0.3) is 0 Å². The first-order valence-corrected chi connectivity index (χ1v) is 10.6. The summed E-state index contributed by atoms with van der Waals surface area (Å²) in [6.45, 7) is 6.93. The number of rotatable bonds is 0. The summed E-state index contributed by atoms with van der Waals surface area (Å²) in [6, 6.07) is 0. The Morgan fingerprint density at radius 3 is 1.48 bits per heavy atom. The zero-order valence-electron chi connectivity index (χ0n) is 16.2. The molecule has 0 radical (unpaired) electrons. The number of Topliss-reactive ketones (excluding diaryl/α,β-unsaturated/α-hetero) is 1. The number of hydrogen-bond donors (Lipinski definition) is 0. The van der Waals surface area contributed by atoms with Crippen molar-refractivity contribution in [2.45, 2.75) is 117 Å². The molecular weight excluding hydrogens is 280 g/mol. The van der Waals surface area contributed by atoms with Gasteiger partial charge in [-0.05, 0) is 24.2 Å². The van der Waals surface area contributed by atoms with Gasteiger partial charge in [-0.3, -0.25) is 4.79 Å². The van der Waals surface area contributed by atoms with Crippen molar-refractivity contribution in [3.05, 3.63) is 0 Å². The van der Waals surface area contributed by atoms with Gasteiger partial charge in [0.2, 0.25) is 0 Å². The summed E-state index contributed by atoms with van der Waals surface area (Å²) in [5, 5.41) is 0. The molecule has 1 fully saturated rings. The Morgan fingerprint density at radius 1 is 0.565 bits per heavy atom. The van der Waals surface area contributed by atoms with Crippen LogP contribution in [0.5, 0.6) is 0 Å². The molecule has 0 saturated heterocycles. The van der Waals surface area contributed by atoms with Gasteiger partial charge in [0, 0.05) is 12.8 Å². The number of ketones is 1. The minimum atomic E-state index is 0.509. The molecule has 1 aliphatic carbocycles. The largest absolute Gasteiger partial charge is 0.300 e. The Labute approximate surface area is 146 Å². The summed E-state index contributed by atoms with van der Waals surface area (Å²) < 4.78 is 0. The minimum absolute atomic E-state index is 0.509. The maximum Gasteiger partial charge on any atom is 0.133 e. The van der Waals surface area contributed by atoms with Crippen LogP contribution in [0.2, 0.25) is 0 Å². The molecule has 23 heavy (non-hydrogen) atoms. The highest BCUT2D eigenvalue weighted by Gasteiger charge is 2.15. The summed E-state index contributed by atoms with van der Waals surface area (Å²) in [6.07, 6.45) is 19.5. The summed E-state index contributed by atoms with van der Waals surface area (Å²) in [7, 11) is 0. The predicted octanol–water partition coefficient (Wildman–Crippen LogP) is 7.33. The predicted molar refractivity (Wildman–Crippen MR) is 102 cm³/mol. The maximum absolute atomic E-state index is 12.2. The van der Waals surface area contributed by atoms with Crippen molar-refractivity contribution >= 4 is 5.78 Å². The van der Waals surface area contributed by atoms with Crippen molar-refractivity contribution in [1.82, 2.24) is 0 Å². The molecule has 0 N–H and O–H groups in total. The van der Waals surface area contributed by atoms with Gasteiger partial charge in [-0.25, -0.2) is 0 Å². The Morgan fingerprint density at radius 2 is 0.957 bits per heavy atom. The fraction of sp³-hybridized carbons (Fsp3) is 0.955. The smallest absolute Gasteiger partial charge is 0.133 e. The van der Waals surface area contributed by atoms with Crippen LogP contribution in [0.15, 0.2) is 0 Å². The monoisotopic (exact) mass is 322 g/mol. The van der Waals surface area contributed by atoms with E-state index in [2.05, 4.69) is 20.8 Å². The molecule has 1 heteroatoms. The van der Waals surface area contributed by atoms with E-state index in [9.17, 15) is 4.79 Å². The number of hydrogen-bond acceptors (Lipinski definition) is 1. The van der Waals surface area contributed by atoms with Gasteiger partial charge in [-0.1, -0.05) is 97.8 Å². The van der Waals surface area contributed by atoms with E-state index in [0.717, 1.165) is 18.8 Å². The van der Waals surface area contributed by atoms with Gasteiger partial charge in [-0.2, -0.15) is 0 Å². The van der Waals surface area contributed by atoms with Crippen molar-refractivity contribution in [3.63, 3.8) is 0 Å². The standard InChI is InChI=1S/C22H42O/c1-19-14-12-10-8-6-4-5-7-9-11-13-15-20(2)17-22(23)18-21(3)16-19/h19-21H,4-18H2,1-3H3. The molecule has 3 atom stereocenters. The van der Waals surface area contributed by atoms with Crippen LogP contribution in [0.1, 0.15) is 117 Å². The average molecular weight is 323 g/mol. The highest BCUT2D eigenvalue weighted by molar-refractivity contribution is 5.78. The second-order valence-corrected chi connectivity index (χ2v) is 8.61. The van der Waals surface area contributed by atoms with Crippen LogP contribution in [0.25, 0.3) is 0 Å². The molecule has 136 valence electrons. The van der Waals surface area contributed by atoms with Crippen molar-refractivity contribution in [1.29, 1.82) is 0 Å². The fourth-order valence-corrected chi connectivity index (χ4v) is 4.25. The third-order valence-corrected chi connectivity index (χ3v) is 5.60. The van der Waals surface area contributed by atoms with E-state index in [4.69, 9.17) is 0 Å². The normalized spacial score (nSPS) is 31.8. The molecule has 1 rings (SSSR count). The lowest BCUT2D eigenvalue weighted by atomic mass is 9.87. The van der Waals surface area contributed by atoms with Gasteiger partial charge >= 0.3 is 0 Å². The molecule has 0 bridgehead atoms. The van der Waals surface area contributed by atoms with E-state index in [1.807, 2.05) is 0 Å². The topological polar surface area (TPSA) is 17.1 Å². The third kappa shape index (κ3) is 11.8. The van der Waals surface area contributed by atoms with Gasteiger partial charge in [-0.15, -0.1) is 0 Å². The van der Waals surface area contributed by atoms with E-state index in [-0.39, 0.29) is 0 Å². The van der Waals surface area contributed by atoms with E-state index in [1.54, 1.807) is 0 Å². The lowest BCUT2D eigenvalue weighted by Crippen LogP contribution is -2.12. The van der Waals surface area contributed by atoms with Crippen molar-refractivity contribution in [2.75, 3.05) is 0 Å². The van der Waals surface area contributed by atoms with E-state index >= 15 is 0 Å². The summed E-state index contributed by atoms with van der Waals surface area (Å²) in [4.78, 5) is 12.2. The van der Waals surface area contributed by atoms with E-state index < -0.39 is 0 Å². The highest BCUT2D eigenvalue weighted by atomic mass is 16.1. The van der Waals surface area contributed by atoms with Crippen LogP contribution in [0, 0.1) is 17.8 Å². The number of carbonyl (C=O) groups is 1. The van der Waals surface area contributed by atoms with Crippen LogP contribution < -0.4 is 0 Å². The molecule has 1 nitrogen and oxygen atoms in total. The van der Waals surface area contributed by atoms with Crippen molar-refractivity contribution < 1.29 is 4.79 Å². The Hall–Kier alpha value is -0.330. The van der Waals surface area contributed by atoms with Gasteiger partial charge in [0.1, 0.15) is 5.78 Å². The van der Waals surface area contributed by atoms with E-state index in [1.165, 1.54) is 83.5 Å². The Kier molecular flexibility index (Phi) is 11.7. The van der Waals surface area contributed by atoms with Crippen molar-refractivity contribution in [3.8, 4) is 0 Å². The van der Waals surface area contributed by atoms with Crippen LogP contribution in [0.3, 0.4) is 0 Å². The van der Waals surface area contributed by atoms with Gasteiger partial charge < -0.3 is 0 Å². The molecule has 0 aliphatic heterocycles. The first-order chi connectivity index (χ1) is 11.1. The summed E-state index contributed by atoms with van der Waals surface area (Å²) in [5.74, 6) is 2.47. The first-order valence-electron chi connectivity index (χ1n) is 10.6. The molecule has 0 amide bonds. The number of carbonyl (C=O) groups excluding carboxylic acids is 1. The molecule has 1 saturated carbocycles. The van der Waals surface area contributed by atoms with E-state index in [0.29, 0.717) is 17.6 Å². The molecule has 1 aliphatic rings. The molecule has 3 unspecified atom stereocenters. The summed E-state index contributed by atoms with van der Waals surface area (Å²) in [5.41, 5.74) is 0. The molecular formula is C22H42O. The Balaban J connectivity index is 2.36.